The molecule has 2 unspecified atom stereocenters. The van der Waals surface area contributed by atoms with Crippen molar-refractivity contribution in [1.82, 2.24) is 0 Å². The molecule has 2 rings (SSSR count). The molecule has 2 aromatic rings. The second kappa shape index (κ2) is 5.95. The van der Waals surface area contributed by atoms with E-state index in [1.54, 1.807) is 25.1 Å². The van der Waals surface area contributed by atoms with Gasteiger partial charge in [0.25, 0.3) is 10.1 Å². The first kappa shape index (κ1) is 15.7. The fraction of sp³-hybridized carbons (Fsp3) is 0.250. The summed E-state index contributed by atoms with van der Waals surface area (Å²) in [6, 6.07) is 13.3. The molecule has 0 aromatic heterocycles. The van der Waals surface area contributed by atoms with Crippen LogP contribution in [0.15, 0.2) is 53.4 Å². The highest BCUT2D eigenvalue weighted by atomic mass is 32.2. The molecule has 0 amide bonds. The molecule has 3 nitrogen and oxygen atoms in total. The molecule has 0 radical (unpaired) electrons. The summed E-state index contributed by atoms with van der Waals surface area (Å²) in [5.41, 5.74) is 2.11. The van der Waals surface area contributed by atoms with Crippen LogP contribution in [-0.4, -0.2) is 19.1 Å². The number of alkyl halides is 1. The molecule has 0 spiro atoms. The van der Waals surface area contributed by atoms with Crippen LogP contribution in [0.2, 0.25) is 0 Å². The van der Waals surface area contributed by atoms with E-state index < -0.39 is 22.2 Å². The molecule has 0 saturated heterocycles. The molecule has 0 heterocycles. The highest BCUT2D eigenvalue weighted by Crippen LogP contribution is 2.33. The van der Waals surface area contributed by atoms with E-state index in [1.165, 1.54) is 19.1 Å². The Labute approximate surface area is 124 Å². The smallest absolute Gasteiger partial charge is 0.282 e. The maximum absolute atomic E-state index is 14.1. The van der Waals surface area contributed by atoms with Gasteiger partial charge in [-0.2, -0.15) is 8.42 Å². The molecule has 0 bridgehead atoms. The Hall–Kier alpha value is -1.72. The fourth-order valence-corrected chi connectivity index (χ4v) is 2.98. The molecule has 0 aliphatic heterocycles. The lowest BCUT2D eigenvalue weighted by atomic mass is 9.85. The van der Waals surface area contributed by atoms with Crippen molar-refractivity contribution < 1.29 is 17.4 Å². The summed E-state index contributed by atoms with van der Waals surface area (Å²) >= 11 is 0. The largest absolute Gasteiger partial charge is 0.294 e. The molecule has 2 atom stereocenters. The zero-order valence-electron chi connectivity index (χ0n) is 11.8. The summed E-state index contributed by atoms with van der Waals surface area (Å²) in [5, 5.41) is 0. The summed E-state index contributed by atoms with van der Waals surface area (Å²) in [4.78, 5) is -0.218. The van der Waals surface area contributed by atoms with Crippen LogP contribution in [0, 0.1) is 6.92 Å². The number of hydrogen-bond donors (Lipinski definition) is 1. The highest BCUT2D eigenvalue weighted by molar-refractivity contribution is 7.85. The first-order valence-corrected chi connectivity index (χ1v) is 8.02. The Morgan fingerprint density at radius 1 is 1.10 bits per heavy atom. The first-order chi connectivity index (χ1) is 9.80. The number of benzene rings is 2. The zero-order valence-corrected chi connectivity index (χ0v) is 12.6. The zero-order chi connectivity index (χ0) is 15.6. The Morgan fingerprint density at radius 3 is 2.24 bits per heavy atom. The summed E-state index contributed by atoms with van der Waals surface area (Å²) < 4.78 is 45.9. The van der Waals surface area contributed by atoms with Crippen molar-refractivity contribution in [2.45, 2.75) is 30.8 Å². The van der Waals surface area contributed by atoms with Crippen LogP contribution in [0.3, 0.4) is 0 Å². The van der Waals surface area contributed by atoms with Gasteiger partial charge in [0, 0.05) is 5.92 Å². The van der Waals surface area contributed by atoms with Gasteiger partial charge in [-0.3, -0.25) is 4.55 Å². The maximum atomic E-state index is 14.1. The number of halogens is 1. The minimum atomic E-state index is -4.31. The quantitative estimate of drug-likeness (QED) is 0.876. The third-order valence-electron chi connectivity index (χ3n) is 3.50. The normalized spacial score (nSPS) is 14.7. The maximum Gasteiger partial charge on any atom is 0.294 e. The minimum absolute atomic E-state index is 0.218. The third kappa shape index (κ3) is 3.49. The standard InChI is InChI=1S/C16H17FO3S/c1-11-8-9-14(21(18,19)20)10-15(11)16(12(2)17)13-6-4-3-5-7-13/h3-10,12,16H,1-2H3,(H,18,19,20). The molecule has 0 aliphatic carbocycles. The monoisotopic (exact) mass is 308 g/mol. The third-order valence-corrected chi connectivity index (χ3v) is 4.35. The van der Waals surface area contributed by atoms with E-state index >= 15 is 0 Å². The Morgan fingerprint density at radius 2 is 1.71 bits per heavy atom. The number of hydrogen-bond acceptors (Lipinski definition) is 2. The average molecular weight is 308 g/mol. The van der Waals surface area contributed by atoms with E-state index in [9.17, 15) is 17.4 Å². The van der Waals surface area contributed by atoms with Gasteiger partial charge in [-0.1, -0.05) is 36.4 Å². The first-order valence-electron chi connectivity index (χ1n) is 6.58. The van der Waals surface area contributed by atoms with E-state index in [2.05, 4.69) is 0 Å². The van der Waals surface area contributed by atoms with Crippen molar-refractivity contribution in [2.75, 3.05) is 0 Å². The minimum Gasteiger partial charge on any atom is -0.282 e. The van der Waals surface area contributed by atoms with Gasteiger partial charge >= 0.3 is 0 Å². The lowest BCUT2D eigenvalue weighted by molar-refractivity contribution is 0.328. The molecular formula is C16H17FO3S. The van der Waals surface area contributed by atoms with Crippen molar-refractivity contribution in [3.63, 3.8) is 0 Å². The second-order valence-electron chi connectivity index (χ2n) is 5.06. The number of aryl methyl sites for hydroxylation is 1. The van der Waals surface area contributed by atoms with Crippen molar-refractivity contribution in [1.29, 1.82) is 0 Å². The predicted octanol–water partition coefficient (Wildman–Crippen LogP) is 3.73. The molecule has 112 valence electrons. The van der Waals surface area contributed by atoms with Gasteiger partial charge in [0.2, 0.25) is 0 Å². The van der Waals surface area contributed by atoms with E-state index in [0.29, 0.717) is 5.56 Å². The van der Waals surface area contributed by atoms with Gasteiger partial charge in [-0.05, 0) is 42.7 Å². The van der Waals surface area contributed by atoms with Crippen LogP contribution in [0.4, 0.5) is 4.39 Å². The van der Waals surface area contributed by atoms with Crippen LogP contribution in [-0.2, 0) is 10.1 Å². The van der Waals surface area contributed by atoms with E-state index in [-0.39, 0.29) is 4.90 Å². The summed E-state index contributed by atoms with van der Waals surface area (Å²) in [6.45, 7) is 3.23. The van der Waals surface area contributed by atoms with Crippen LogP contribution in [0.25, 0.3) is 0 Å². The highest BCUT2D eigenvalue weighted by Gasteiger charge is 2.24. The lowest BCUT2D eigenvalue weighted by Crippen LogP contribution is -2.14. The second-order valence-corrected chi connectivity index (χ2v) is 6.48. The van der Waals surface area contributed by atoms with Crippen molar-refractivity contribution in [2.24, 2.45) is 0 Å². The van der Waals surface area contributed by atoms with Crippen LogP contribution in [0.5, 0.6) is 0 Å². The lowest BCUT2D eigenvalue weighted by Gasteiger charge is -2.22. The van der Waals surface area contributed by atoms with Gasteiger partial charge < -0.3 is 0 Å². The van der Waals surface area contributed by atoms with Gasteiger partial charge in [-0.25, -0.2) is 4.39 Å². The Balaban J connectivity index is 2.61. The molecule has 21 heavy (non-hydrogen) atoms. The van der Waals surface area contributed by atoms with Crippen LogP contribution in [0.1, 0.15) is 29.5 Å². The Bertz CT molecular complexity index is 724. The van der Waals surface area contributed by atoms with Crippen LogP contribution >= 0.6 is 0 Å². The Kier molecular flexibility index (Phi) is 4.44. The van der Waals surface area contributed by atoms with Gasteiger partial charge in [0.15, 0.2) is 0 Å². The van der Waals surface area contributed by atoms with Crippen molar-refractivity contribution in [3.05, 3.63) is 65.2 Å². The molecule has 0 fully saturated rings. The van der Waals surface area contributed by atoms with Crippen molar-refractivity contribution in [3.8, 4) is 0 Å². The average Bonchev–Trinajstić information content (AvgIpc) is 2.40. The van der Waals surface area contributed by atoms with Crippen molar-refractivity contribution >= 4 is 10.1 Å². The number of rotatable bonds is 4. The predicted molar refractivity (Wildman–Crippen MR) is 79.8 cm³/mol. The summed E-state index contributed by atoms with van der Waals surface area (Å²) in [6.07, 6.45) is -1.19. The molecule has 0 aliphatic rings. The van der Waals surface area contributed by atoms with E-state index in [0.717, 1.165) is 11.1 Å². The molecule has 5 heteroatoms. The topological polar surface area (TPSA) is 54.4 Å². The fourth-order valence-electron chi connectivity index (χ4n) is 2.47. The van der Waals surface area contributed by atoms with Gasteiger partial charge in [-0.15, -0.1) is 0 Å². The van der Waals surface area contributed by atoms with Gasteiger partial charge in [0.05, 0.1) is 4.90 Å². The van der Waals surface area contributed by atoms with E-state index in [4.69, 9.17) is 0 Å². The van der Waals surface area contributed by atoms with Gasteiger partial charge in [0.1, 0.15) is 6.17 Å². The summed E-state index contributed by atoms with van der Waals surface area (Å²) in [7, 11) is -4.31. The molecule has 2 aromatic carbocycles. The molecule has 1 N–H and O–H groups in total. The molecule has 0 saturated carbocycles. The van der Waals surface area contributed by atoms with Crippen LogP contribution < -0.4 is 0 Å². The SMILES string of the molecule is Cc1ccc(S(=O)(=O)O)cc1C(c1ccccc1)C(C)F. The summed E-state index contributed by atoms with van der Waals surface area (Å²) in [5.74, 6) is -0.576. The molecular weight excluding hydrogens is 291 g/mol. The van der Waals surface area contributed by atoms with E-state index in [1.807, 2.05) is 18.2 Å².